The number of aromatic nitrogens is 3. The maximum Gasteiger partial charge on any atom is 0.269 e. The van der Waals surface area contributed by atoms with Gasteiger partial charge in [0.2, 0.25) is 5.89 Å². The first-order valence-electron chi connectivity index (χ1n) is 10.5. The van der Waals surface area contributed by atoms with Gasteiger partial charge in [0.1, 0.15) is 5.52 Å². The first kappa shape index (κ1) is 20.6. The Balaban J connectivity index is 1.48. The minimum atomic E-state index is -0.0712. The minimum absolute atomic E-state index is 0.0374. The highest BCUT2D eigenvalue weighted by atomic mass is 16.5. The van der Waals surface area contributed by atoms with Crippen molar-refractivity contribution in [3.05, 3.63) is 52.8 Å². The lowest BCUT2D eigenvalue weighted by atomic mass is 10.0. The molecule has 1 aliphatic rings. The van der Waals surface area contributed by atoms with E-state index in [-0.39, 0.29) is 17.6 Å². The van der Waals surface area contributed by atoms with Gasteiger partial charge in [-0.15, -0.1) is 0 Å². The largest absolute Gasteiger partial charge is 0.439 e. The van der Waals surface area contributed by atoms with Gasteiger partial charge in [-0.25, -0.2) is 9.67 Å². The molecule has 1 aliphatic heterocycles. The lowest BCUT2D eigenvalue weighted by Gasteiger charge is -2.35. The summed E-state index contributed by atoms with van der Waals surface area (Å²) in [5, 5.41) is 4.49. The third-order valence-corrected chi connectivity index (χ3v) is 5.87. The van der Waals surface area contributed by atoms with Crippen molar-refractivity contribution in [2.75, 3.05) is 45.3 Å². The highest BCUT2D eigenvalue weighted by Gasteiger charge is 2.29. The number of nitrogens with zero attached hydrogens (tertiary/aromatic N) is 5. The molecule has 0 N–H and O–H groups in total. The van der Waals surface area contributed by atoms with Crippen LogP contribution < -0.4 is 10.5 Å². The molecular weight excluding hydrogens is 382 g/mol. The van der Waals surface area contributed by atoms with Gasteiger partial charge in [-0.1, -0.05) is 12.1 Å². The summed E-state index contributed by atoms with van der Waals surface area (Å²) >= 11 is 0. The molecule has 0 spiro atoms. The van der Waals surface area contributed by atoms with Gasteiger partial charge < -0.3 is 14.1 Å². The molecule has 0 bridgehead atoms. The SMILES string of the molecule is COCCN(C)c1cnn([C@@H]2CCCN([C@H](C)c3nc4ccccc4o3)C2)c(=O)c1. The van der Waals surface area contributed by atoms with E-state index in [0.717, 1.165) is 42.7 Å². The van der Waals surface area contributed by atoms with Crippen molar-refractivity contribution in [1.82, 2.24) is 19.7 Å². The lowest BCUT2D eigenvalue weighted by molar-refractivity contribution is 0.113. The number of benzene rings is 1. The second-order valence-corrected chi connectivity index (χ2v) is 7.90. The number of oxazole rings is 1. The zero-order valence-corrected chi connectivity index (χ0v) is 17.8. The predicted molar refractivity (Wildman–Crippen MR) is 116 cm³/mol. The summed E-state index contributed by atoms with van der Waals surface area (Å²) < 4.78 is 12.7. The van der Waals surface area contributed by atoms with Crippen LogP contribution in [0.25, 0.3) is 11.1 Å². The summed E-state index contributed by atoms with van der Waals surface area (Å²) in [5.41, 5.74) is 2.41. The number of likely N-dealkylation sites (N-methyl/N-ethyl adjacent to an activating group) is 1. The van der Waals surface area contributed by atoms with E-state index in [1.54, 1.807) is 24.1 Å². The number of anilines is 1. The van der Waals surface area contributed by atoms with Gasteiger partial charge in [-0.2, -0.15) is 5.10 Å². The third-order valence-electron chi connectivity index (χ3n) is 5.87. The normalized spacial score (nSPS) is 18.6. The van der Waals surface area contributed by atoms with Gasteiger partial charge in [0, 0.05) is 33.3 Å². The summed E-state index contributed by atoms with van der Waals surface area (Å²) in [6, 6.07) is 9.55. The summed E-state index contributed by atoms with van der Waals surface area (Å²) in [6.45, 7) is 5.11. The van der Waals surface area contributed by atoms with Crippen LogP contribution in [0.5, 0.6) is 0 Å². The molecule has 0 saturated carbocycles. The van der Waals surface area contributed by atoms with E-state index in [9.17, 15) is 4.79 Å². The standard InChI is InChI=1S/C22H29N5O3/c1-16(22-24-19-8-4-5-9-20(19)30-22)26-10-6-7-17(15-26)27-21(28)13-18(14-23-27)25(2)11-12-29-3/h4-5,8-9,13-14,16-17H,6-7,10-12,15H2,1-3H3/t16-,17-/m1/s1. The predicted octanol–water partition coefficient (Wildman–Crippen LogP) is 2.87. The van der Waals surface area contributed by atoms with Crippen LogP contribution in [0, 0.1) is 0 Å². The van der Waals surface area contributed by atoms with Crippen LogP contribution in [-0.4, -0.2) is 60.1 Å². The number of likely N-dealkylation sites (tertiary alicyclic amines) is 1. The number of ether oxygens (including phenoxy) is 1. The van der Waals surface area contributed by atoms with Crippen LogP contribution >= 0.6 is 0 Å². The first-order valence-corrected chi connectivity index (χ1v) is 10.5. The van der Waals surface area contributed by atoms with Crippen LogP contribution in [-0.2, 0) is 4.74 Å². The summed E-state index contributed by atoms with van der Waals surface area (Å²) in [7, 11) is 3.60. The maximum absolute atomic E-state index is 12.8. The number of hydrogen-bond acceptors (Lipinski definition) is 7. The Bertz CT molecular complexity index is 1010. The highest BCUT2D eigenvalue weighted by Crippen LogP contribution is 2.29. The van der Waals surface area contributed by atoms with Crippen LogP contribution in [0.3, 0.4) is 0 Å². The average molecular weight is 412 g/mol. The topological polar surface area (TPSA) is 76.6 Å². The molecule has 0 radical (unpaired) electrons. The Labute approximate surface area is 176 Å². The van der Waals surface area contributed by atoms with E-state index >= 15 is 0 Å². The summed E-state index contributed by atoms with van der Waals surface area (Å²) in [6.07, 6.45) is 3.70. The Kier molecular flexibility index (Phi) is 6.15. The van der Waals surface area contributed by atoms with Crippen molar-refractivity contribution in [3.63, 3.8) is 0 Å². The number of rotatable bonds is 7. The van der Waals surface area contributed by atoms with Crippen molar-refractivity contribution < 1.29 is 9.15 Å². The van der Waals surface area contributed by atoms with Gasteiger partial charge in [-0.3, -0.25) is 9.69 Å². The second kappa shape index (κ2) is 8.97. The van der Waals surface area contributed by atoms with Crippen molar-refractivity contribution in [2.45, 2.75) is 31.8 Å². The molecule has 0 amide bonds. The van der Waals surface area contributed by atoms with Crippen LogP contribution in [0.15, 0.2) is 45.7 Å². The average Bonchev–Trinajstić information content (AvgIpc) is 3.21. The fourth-order valence-corrected chi connectivity index (χ4v) is 4.01. The highest BCUT2D eigenvalue weighted by molar-refractivity contribution is 5.72. The molecule has 1 saturated heterocycles. The van der Waals surface area contributed by atoms with Crippen LogP contribution in [0.2, 0.25) is 0 Å². The van der Waals surface area contributed by atoms with E-state index in [0.29, 0.717) is 19.0 Å². The molecule has 0 unspecified atom stereocenters. The fraction of sp³-hybridized carbons (Fsp3) is 0.500. The molecule has 160 valence electrons. The summed E-state index contributed by atoms with van der Waals surface area (Å²) in [4.78, 5) is 21.7. The van der Waals surface area contributed by atoms with E-state index in [1.807, 2.05) is 36.2 Å². The Hall–Kier alpha value is -2.71. The van der Waals surface area contributed by atoms with E-state index in [4.69, 9.17) is 9.15 Å². The van der Waals surface area contributed by atoms with Gasteiger partial charge in [-0.05, 0) is 38.4 Å². The molecule has 2 aromatic heterocycles. The van der Waals surface area contributed by atoms with Crippen LogP contribution in [0.4, 0.5) is 5.69 Å². The van der Waals surface area contributed by atoms with Gasteiger partial charge in [0.05, 0.1) is 30.6 Å². The van der Waals surface area contributed by atoms with Gasteiger partial charge >= 0.3 is 0 Å². The number of fused-ring (bicyclic) bond motifs is 1. The monoisotopic (exact) mass is 411 g/mol. The molecule has 8 nitrogen and oxygen atoms in total. The van der Waals surface area contributed by atoms with Crippen molar-refractivity contribution in [3.8, 4) is 0 Å². The quantitative estimate of drug-likeness (QED) is 0.592. The van der Waals surface area contributed by atoms with Gasteiger partial charge in [0.25, 0.3) is 5.56 Å². The molecule has 30 heavy (non-hydrogen) atoms. The zero-order chi connectivity index (χ0) is 21.1. The van der Waals surface area contributed by atoms with E-state index in [1.165, 1.54) is 0 Å². The van der Waals surface area contributed by atoms with Crippen molar-refractivity contribution >= 4 is 16.8 Å². The fourth-order valence-electron chi connectivity index (χ4n) is 4.01. The lowest BCUT2D eigenvalue weighted by Crippen LogP contribution is -2.42. The van der Waals surface area contributed by atoms with Crippen molar-refractivity contribution in [2.24, 2.45) is 0 Å². The molecular formula is C22H29N5O3. The molecule has 4 rings (SSSR count). The zero-order valence-electron chi connectivity index (χ0n) is 17.8. The molecule has 3 heterocycles. The molecule has 1 aromatic carbocycles. The number of hydrogen-bond donors (Lipinski definition) is 0. The molecule has 3 aromatic rings. The second-order valence-electron chi connectivity index (χ2n) is 7.90. The summed E-state index contributed by atoms with van der Waals surface area (Å²) in [5.74, 6) is 0.715. The molecule has 2 atom stereocenters. The number of methoxy groups -OCH3 is 1. The number of piperidine rings is 1. The molecule has 0 aliphatic carbocycles. The van der Waals surface area contributed by atoms with Crippen molar-refractivity contribution in [1.29, 1.82) is 0 Å². The number of para-hydroxylation sites is 2. The molecule has 8 heteroatoms. The minimum Gasteiger partial charge on any atom is -0.439 e. The Morgan fingerprint density at radius 1 is 1.37 bits per heavy atom. The van der Waals surface area contributed by atoms with E-state index < -0.39 is 0 Å². The third kappa shape index (κ3) is 4.24. The Morgan fingerprint density at radius 3 is 2.97 bits per heavy atom. The maximum atomic E-state index is 12.8. The first-order chi connectivity index (χ1) is 14.6. The van der Waals surface area contributed by atoms with Gasteiger partial charge in [0.15, 0.2) is 5.58 Å². The molecule has 1 fully saturated rings. The van der Waals surface area contributed by atoms with Crippen LogP contribution in [0.1, 0.15) is 37.7 Å². The smallest absolute Gasteiger partial charge is 0.269 e. The Morgan fingerprint density at radius 2 is 2.20 bits per heavy atom. The van der Waals surface area contributed by atoms with E-state index in [2.05, 4.69) is 21.9 Å².